The van der Waals surface area contributed by atoms with Crippen LogP contribution in [-0.2, 0) is 11.2 Å². The van der Waals surface area contributed by atoms with Crippen molar-refractivity contribution in [1.29, 1.82) is 0 Å². The molecular formula is C30H22N2O5. The first-order chi connectivity index (χ1) is 18.1. The molecule has 37 heavy (non-hydrogen) atoms. The first-order valence-electron chi connectivity index (χ1n) is 11.8. The summed E-state index contributed by atoms with van der Waals surface area (Å²) in [7, 11) is 1.58. The second-order valence-corrected chi connectivity index (χ2v) is 8.63. The van der Waals surface area contributed by atoms with Crippen LogP contribution in [0, 0.1) is 0 Å². The maximum Gasteiger partial charge on any atom is 0.293 e. The zero-order valence-electron chi connectivity index (χ0n) is 19.9. The SMILES string of the molecule is COc1ccc(NC(=O)c2oc3ccccc3c2NC(=O)Cc2coc3ccc4ccccc4c23)cc1. The number of carbonyl (C=O) groups is 2. The van der Waals surface area contributed by atoms with Gasteiger partial charge in [0, 0.05) is 22.0 Å². The Hall–Kier alpha value is -5.04. The van der Waals surface area contributed by atoms with Gasteiger partial charge in [0.05, 0.1) is 19.8 Å². The number of benzene rings is 4. The summed E-state index contributed by atoms with van der Waals surface area (Å²) in [6.07, 6.45) is 1.68. The lowest BCUT2D eigenvalue weighted by atomic mass is 10.0. The van der Waals surface area contributed by atoms with Crippen molar-refractivity contribution in [2.24, 2.45) is 0 Å². The Morgan fingerprint density at radius 2 is 1.57 bits per heavy atom. The summed E-state index contributed by atoms with van der Waals surface area (Å²) in [5, 5.41) is 9.36. The van der Waals surface area contributed by atoms with Gasteiger partial charge in [-0.15, -0.1) is 0 Å². The summed E-state index contributed by atoms with van der Waals surface area (Å²) in [5.74, 6) is -0.0702. The Labute approximate surface area is 211 Å². The average molecular weight is 491 g/mol. The molecule has 0 fully saturated rings. The van der Waals surface area contributed by atoms with Crippen molar-refractivity contribution in [2.45, 2.75) is 6.42 Å². The van der Waals surface area contributed by atoms with E-state index in [1.807, 2.05) is 48.5 Å². The second-order valence-electron chi connectivity index (χ2n) is 8.63. The third-order valence-corrected chi connectivity index (χ3v) is 6.31. The van der Waals surface area contributed by atoms with Crippen molar-refractivity contribution in [3.8, 4) is 5.75 Å². The van der Waals surface area contributed by atoms with Gasteiger partial charge >= 0.3 is 0 Å². The summed E-state index contributed by atoms with van der Waals surface area (Å²) in [6, 6.07) is 26.0. The number of rotatable bonds is 6. The van der Waals surface area contributed by atoms with Crippen LogP contribution in [0.5, 0.6) is 5.75 Å². The van der Waals surface area contributed by atoms with Crippen LogP contribution in [0.4, 0.5) is 11.4 Å². The number of amides is 2. The summed E-state index contributed by atoms with van der Waals surface area (Å²) in [6.45, 7) is 0. The molecule has 7 nitrogen and oxygen atoms in total. The van der Waals surface area contributed by atoms with E-state index in [0.29, 0.717) is 28.1 Å². The lowest BCUT2D eigenvalue weighted by Gasteiger charge is -2.08. The standard InChI is InChI=1S/C30H22N2O5/c1-35-21-13-11-20(12-14-21)31-30(34)29-28(23-8-4-5-9-24(23)37-29)32-26(33)16-19-17-36-25-15-10-18-6-2-3-7-22(18)27(19)25/h2-15,17H,16H2,1H3,(H,31,34)(H,32,33). The van der Waals surface area contributed by atoms with E-state index in [2.05, 4.69) is 10.6 Å². The number of anilines is 2. The Balaban J connectivity index is 1.31. The van der Waals surface area contributed by atoms with E-state index in [9.17, 15) is 9.59 Å². The molecular weight excluding hydrogens is 468 g/mol. The molecule has 6 rings (SSSR count). The smallest absolute Gasteiger partial charge is 0.293 e. The molecule has 0 saturated carbocycles. The van der Waals surface area contributed by atoms with Crippen molar-refractivity contribution in [2.75, 3.05) is 17.7 Å². The first-order valence-corrected chi connectivity index (χ1v) is 11.8. The highest BCUT2D eigenvalue weighted by molar-refractivity contribution is 6.15. The van der Waals surface area contributed by atoms with Gasteiger partial charge < -0.3 is 24.2 Å². The third-order valence-electron chi connectivity index (χ3n) is 6.31. The van der Waals surface area contributed by atoms with Crippen molar-refractivity contribution in [3.63, 3.8) is 0 Å². The van der Waals surface area contributed by atoms with Crippen LogP contribution in [0.15, 0.2) is 100 Å². The third kappa shape index (κ3) is 4.16. The van der Waals surface area contributed by atoms with Crippen molar-refractivity contribution in [3.05, 3.63) is 103 Å². The number of hydrogen-bond acceptors (Lipinski definition) is 5. The van der Waals surface area contributed by atoms with Crippen LogP contribution in [0.2, 0.25) is 0 Å². The number of fused-ring (bicyclic) bond motifs is 4. The molecule has 0 radical (unpaired) electrons. The zero-order valence-corrected chi connectivity index (χ0v) is 19.9. The van der Waals surface area contributed by atoms with Crippen LogP contribution in [-0.4, -0.2) is 18.9 Å². The Bertz CT molecular complexity index is 1780. The highest BCUT2D eigenvalue weighted by Gasteiger charge is 2.23. The first kappa shape index (κ1) is 22.4. The van der Waals surface area contributed by atoms with Gasteiger partial charge in [-0.3, -0.25) is 9.59 Å². The van der Waals surface area contributed by atoms with Crippen molar-refractivity contribution >= 4 is 55.9 Å². The zero-order chi connectivity index (χ0) is 25.4. The number of hydrogen-bond donors (Lipinski definition) is 2. The molecule has 2 amide bonds. The molecule has 0 aliphatic carbocycles. The molecule has 0 saturated heterocycles. The van der Waals surface area contributed by atoms with Crippen LogP contribution in [0.25, 0.3) is 32.7 Å². The Kier molecular flexibility index (Phi) is 5.58. The Morgan fingerprint density at radius 3 is 2.38 bits per heavy atom. The monoisotopic (exact) mass is 490 g/mol. The normalized spacial score (nSPS) is 11.2. The molecule has 182 valence electrons. The van der Waals surface area contributed by atoms with Crippen molar-refractivity contribution < 1.29 is 23.2 Å². The molecule has 0 aliphatic rings. The minimum absolute atomic E-state index is 0.0212. The van der Waals surface area contributed by atoms with Gasteiger partial charge in [0.25, 0.3) is 5.91 Å². The fourth-order valence-electron chi connectivity index (χ4n) is 4.55. The lowest BCUT2D eigenvalue weighted by molar-refractivity contribution is -0.115. The van der Waals surface area contributed by atoms with E-state index in [4.69, 9.17) is 13.6 Å². The van der Waals surface area contributed by atoms with Gasteiger partial charge in [0.1, 0.15) is 22.6 Å². The van der Waals surface area contributed by atoms with E-state index in [1.54, 1.807) is 49.8 Å². The van der Waals surface area contributed by atoms with E-state index in [1.165, 1.54) is 0 Å². The van der Waals surface area contributed by atoms with Crippen LogP contribution in [0.3, 0.4) is 0 Å². The molecule has 4 aromatic carbocycles. The molecule has 0 aliphatic heterocycles. The van der Waals surface area contributed by atoms with Gasteiger partial charge in [0.2, 0.25) is 11.7 Å². The average Bonchev–Trinajstić information content (AvgIpc) is 3.51. The van der Waals surface area contributed by atoms with Gasteiger partial charge in [-0.1, -0.05) is 42.5 Å². The van der Waals surface area contributed by atoms with Gasteiger partial charge in [0.15, 0.2) is 0 Å². The van der Waals surface area contributed by atoms with Crippen LogP contribution in [0.1, 0.15) is 16.1 Å². The summed E-state index contributed by atoms with van der Waals surface area (Å²) >= 11 is 0. The van der Waals surface area contributed by atoms with Gasteiger partial charge in [-0.2, -0.15) is 0 Å². The summed E-state index contributed by atoms with van der Waals surface area (Å²) < 4.78 is 16.8. The molecule has 0 bridgehead atoms. The topological polar surface area (TPSA) is 93.7 Å². The maximum atomic E-state index is 13.3. The molecule has 2 N–H and O–H groups in total. The number of carbonyl (C=O) groups excluding carboxylic acids is 2. The number of para-hydroxylation sites is 1. The highest BCUT2D eigenvalue weighted by atomic mass is 16.5. The molecule has 2 aromatic heterocycles. The fraction of sp³-hybridized carbons (Fsp3) is 0.0667. The highest BCUT2D eigenvalue weighted by Crippen LogP contribution is 2.33. The minimum atomic E-state index is -0.476. The van der Waals surface area contributed by atoms with E-state index < -0.39 is 5.91 Å². The van der Waals surface area contributed by atoms with Crippen LogP contribution >= 0.6 is 0 Å². The predicted molar refractivity (Wildman–Crippen MR) is 143 cm³/mol. The largest absolute Gasteiger partial charge is 0.497 e. The van der Waals surface area contributed by atoms with Crippen molar-refractivity contribution in [1.82, 2.24) is 0 Å². The molecule has 0 spiro atoms. The van der Waals surface area contributed by atoms with E-state index >= 15 is 0 Å². The number of furan rings is 2. The number of nitrogens with one attached hydrogen (secondary N) is 2. The quantitative estimate of drug-likeness (QED) is 0.269. The van der Waals surface area contributed by atoms with Gasteiger partial charge in [-0.05, 0) is 53.2 Å². The molecule has 7 heteroatoms. The number of methoxy groups -OCH3 is 1. The summed E-state index contributed by atoms with van der Waals surface area (Å²) in [4.78, 5) is 26.4. The molecule has 0 unspecified atom stereocenters. The Morgan fingerprint density at radius 1 is 0.811 bits per heavy atom. The summed E-state index contributed by atoms with van der Waals surface area (Å²) in [5.41, 5.74) is 2.87. The van der Waals surface area contributed by atoms with E-state index in [-0.39, 0.29) is 18.1 Å². The van der Waals surface area contributed by atoms with Gasteiger partial charge in [-0.25, -0.2) is 0 Å². The van der Waals surface area contributed by atoms with Crippen LogP contribution < -0.4 is 15.4 Å². The lowest BCUT2D eigenvalue weighted by Crippen LogP contribution is -2.18. The fourth-order valence-corrected chi connectivity index (χ4v) is 4.55. The molecule has 2 heterocycles. The van der Waals surface area contributed by atoms with E-state index in [0.717, 1.165) is 27.3 Å². The minimum Gasteiger partial charge on any atom is -0.497 e. The number of ether oxygens (including phenoxy) is 1. The predicted octanol–water partition coefficient (Wildman–Crippen LogP) is 6.77. The molecule has 0 atom stereocenters. The maximum absolute atomic E-state index is 13.3. The second kappa shape index (κ2) is 9.20. The molecule has 6 aromatic rings.